The number of aromatic nitrogens is 1. The lowest BCUT2D eigenvalue weighted by Gasteiger charge is -2.20. The van der Waals surface area contributed by atoms with E-state index in [4.69, 9.17) is 0 Å². The van der Waals surface area contributed by atoms with E-state index in [1.54, 1.807) is 27.8 Å². The number of rotatable bonds is 7. The Bertz CT molecular complexity index is 1100. The first kappa shape index (κ1) is 21.9. The van der Waals surface area contributed by atoms with E-state index in [1.807, 2.05) is 18.2 Å². The smallest absolute Gasteiger partial charge is 0.251 e. The maximum Gasteiger partial charge on any atom is 0.251 e. The second-order valence-corrected chi connectivity index (χ2v) is 10.8. The quantitative estimate of drug-likeness (QED) is 0.539. The number of amides is 1. The Morgan fingerprint density at radius 3 is 2.42 bits per heavy atom. The molecule has 4 rings (SSSR count). The van der Waals surface area contributed by atoms with Crippen molar-refractivity contribution in [2.75, 3.05) is 19.6 Å². The molecule has 2 heterocycles. The van der Waals surface area contributed by atoms with Crippen LogP contribution < -0.4 is 5.32 Å². The molecule has 0 atom stereocenters. The predicted molar refractivity (Wildman–Crippen MR) is 124 cm³/mol. The first-order valence-corrected chi connectivity index (χ1v) is 13.0. The lowest BCUT2D eigenvalue weighted by atomic mass is 10.2. The average Bonchev–Trinajstić information content (AvgIpc) is 2.99. The Morgan fingerprint density at radius 2 is 1.71 bits per heavy atom. The fourth-order valence-electron chi connectivity index (χ4n) is 3.78. The molecule has 31 heavy (non-hydrogen) atoms. The van der Waals surface area contributed by atoms with Crippen LogP contribution in [0.1, 0.15) is 47.5 Å². The summed E-state index contributed by atoms with van der Waals surface area (Å²) >= 11 is 1.68. The monoisotopic (exact) mass is 457 g/mol. The van der Waals surface area contributed by atoms with Crippen molar-refractivity contribution < 1.29 is 13.2 Å². The molecule has 164 valence electrons. The molecule has 1 saturated heterocycles. The zero-order chi connectivity index (χ0) is 21.7. The number of para-hydroxylation sites is 1. The maximum atomic E-state index is 12.9. The minimum Gasteiger partial charge on any atom is -0.352 e. The van der Waals surface area contributed by atoms with Gasteiger partial charge in [-0.25, -0.2) is 13.4 Å². The minimum absolute atomic E-state index is 0.192. The van der Waals surface area contributed by atoms with Crippen molar-refractivity contribution in [3.63, 3.8) is 0 Å². The van der Waals surface area contributed by atoms with Crippen LogP contribution in [0.5, 0.6) is 0 Å². The molecule has 8 heteroatoms. The number of carbonyl (C=O) groups is 1. The summed E-state index contributed by atoms with van der Waals surface area (Å²) in [6, 6.07) is 14.3. The molecule has 0 unspecified atom stereocenters. The summed E-state index contributed by atoms with van der Waals surface area (Å²) < 4.78 is 28.4. The number of nitrogens with zero attached hydrogens (tertiary/aromatic N) is 2. The van der Waals surface area contributed by atoms with Gasteiger partial charge in [0, 0.05) is 31.6 Å². The molecule has 1 amide bonds. The van der Waals surface area contributed by atoms with E-state index >= 15 is 0 Å². The summed E-state index contributed by atoms with van der Waals surface area (Å²) in [4.78, 5) is 17.3. The topological polar surface area (TPSA) is 79.4 Å². The van der Waals surface area contributed by atoms with Crippen LogP contribution in [0, 0.1) is 0 Å². The maximum absolute atomic E-state index is 12.9. The average molecular weight is 458 g/mol. The molecule has 1 fully saturated rings. The Morgan fingerprint density at radius 1 is 1.00 bits per heavy atom. The van der Waals surface area contributed by atoms with Crippen molar-refractivity contribution in [1.29, 1.82) is 0 Å². The molecule has 0 radical (unpaired) electrons. The van der Waals surface area contributed by atoms with Gasteiger partial charge >= 0.3 is 0 Å². The van der Waals surface area contributed by atoms with Crippen molar-refractivity contribution >= 4 is 37.5 Å². The normalized spacial score (nSPS) is 15.6. The molecule has 0 bridgehead atoms. The molecule has 6 nitrogen and oxygen atoms in total. The minimum atomic E-state index is -3.49. The fraction of sp³-hybridized carbons (Fsp3) is 0.391. The number of benzene rings is 2. The highest BCUT2D eigenvalue weighted by atomic mass is 32.2. The number of hydrogen-bond acceptors (Lipinski definition) is 5. The Hall–Kier alpha value is -2.29. The van der Waals surface area contributed by atoms with E-state index in [2.05, 4.69) is 16.4 Å². The summed E-state index contributed by atoms with van der Waals surface area (Å²) in [7, 11) is -3.49. The molecule has 1 aromatic heterocycles. The van der Waals surface area contributed by atoms with Crippen LogP contribution in [0.25, 0.3) is 10.2 Å². The second-order valence-electron chi connectivity index (χ2n) is 7.78. The van der Waals surface area contributed by atoms with Crippen molar-refractivity contribution in [3.05, 3.63) is 59.1 Å². The van der Waals surface area contributed by atoms with Gasteiger partial charge in [-0.2, -0.15) is 4.31 Å². The zero-order valence-electron chi connectivity index (χ0n) is 17.4. The van der Waals surface area contributed by atoms with Crippen LogP contribution in [0.4, 0.5) is 0 Å². The molecule has 3 aromatic rings. The summed E-state index contributed by atoms with van der Waals surface area (Å²) in [5, 5.41) is 3.98. The predicted octanol–water partition coefficient (Wildman–Crippen LogP) is 4.22. The molecule has 0 aliphatic carbocycles. The van der Waals surface area contributed by atoms with Gasteiger partial charge in [0.2, 0.25) is 10.0 Å². The van der Waals surface area contributed by atoms with Crippen LogP contribution >= 0.6 is 11.3 Å². The van der Waals surface area contributed by atoms with Gasteiger partial charge in [0.05, 0.1) is 20.1 Å². The summed E-state index contributed by atoms with van der Waals surface area (Å²) in [6.07, 6.45) is 5.56. The Labute approximate surface area is 187 Å². The van der Waals surface area contributed by atoms with E-state index in [1.165, 1.54) is 16.8 Å². The van der Waals surface area contributed by atoms with Crippen LogP contribution in [0.15, 0.2) is 53.4 Å². The van der Waals surface area contributed by atoms with Gasteiger partial charge < -0.3 is 5.32 Å². The first-order chi connectivity index (χ1) is 15.0. The van der Waals surface area contributed by atoms with E-state index in [0.717, 1.165) is 49.0 Å². The Kier molecular flexibility index (Phi) is 6.99. The van der Waals surface area contributed by atoms with E-state index in [9.17, 15) is 13.2 Å². The van der Waals surface area contributed by atoms with E-state index < -0.39 is 10.0 Å². The molecule has 1 aliphatic heterocycles. The lowest BCUT2D eigenvalue weighted by molar-refractivity contribution is 0.0953. The number of nitrogens with one attached hydrogen (secondary N) is 1. The van der Waals surface area contributed by atoms with Gasteiger partial charge in [0.25, 0.3) is 5.91 Å². The number of sulfonamides is 1. The SMILES string of the molecule is O=C(NCCCc1nc2ccccc2s1)c1ccc(S(=O)(=O)N2CCCCCC2)cc1. The van der Waals surface area contributed by atoms with Crippen molar-refractivity contribution in [2.45, 2.75) is 43.4 Å². The molecule has 2 aromatic carbocycles. The molecule has 0 saturated carbocycles. The van der Waals surface area contributed by atoms with Gasteiger partial charge in [-0.05, 0) is 55.7 Å². The summed E-state index contributed by atoms with van der Waals surface area (Å²) in [5.74, 6) is -0.192. The number of hydrogen-bond donors (Lipinski definition) is 1. The van der Waals surface area contributed by atoms with E-state index in [0.29, 0.717) is 25.2 Å². The number of carbonyl (C=O) groups excluding carboxylic acids is 1. The molecule has 1 aliphatic rings. The van der Waals surface area contributed by atoms with E-state index in [-0.39, 0.29) is 10.8 Å². The highest BCUT2D eigenvalue weighted by Gasteiger charge is 2.25. The lowest BCUT2D eigenvalue weighted by Crippen LogP contribution is -2.32. The Balaban J connectivity index is 1.29. The highest BCUT2D eigenvalue weighted by Crippen LogP contribution is 2.23. The number of aryl methyl sites for hydroxylation is 1. The van der Waals surface area contributed by atoms with Gasteiger partial charge in [-0.15, -0.1) is 11.3 Å². The third-order valence-corrected chi connectivity index (χ3v) is 8.52. The van der Waals surface area contributed by atoms with Crippen LogP contribution in [0.2, 0.25) is 0 Å². The number of thiazole rings is 1. The van der Waals surface area contributed by atoms with Crippen molar-refractivity contribution in [3.8, 4) is 0 Å². The summed E-state index contributed by atoms with van der Waals surface area (Å²) in [6.45, 7) is 1.68. The van der Waals surface area contributed by atoms with Crippen molar-refractivity contribution in [2.24, 2.45) is 0 Å². The standard InChI is InChI=1S/C23H27N3O3S2/c27-23(24-15-7-10-22-25-20-8-3-4-9-21(20)30-22)18-11-13-19(14-12-18)31(28,29)26-16-5-1-2-6-17-26/h3-4,8-9,11-14H,1-2,5-7,10,15-17H2,(H,24,27). The fourth-order valence-corrected chi connectivity index (χ4v) is 6.31. The third-order valence-electron chi connectivity index (χ3n) is 5.51. The summed E-state index contributed by atoms with van der Waals surface area (Å²) in [5.41, 5.74) is 1.48. The largest absolute Gasteiger partial charge is 0.352 e. The molecule has 0 spiro atoms. The van der Waals surface area contributed by atoms with Crippen molar-refractivity contribution in [1.82, 2.24) is 14.6 Å². The third kappa shape index (κ3) is 5.31. The van der Waals surface area contributed by atoms with Gasteiger partial charge in [-0.3, -0.25) is 4.79 Å². The van der Waals surface area contributed by atoms with Crippen LogP contribution in [-0.2, 0) is 16.4 Å². The second kappa shape index (κ2) is 9.89. The number of fused-ring (bicyclic) bond motifs is 1. The molecule has 1 N–H and O–H groups in total. The van der Waals surface area contributed by atoms with Crippen LogP contribution in [0.3, 0.4) is 0 Å². The van der Waals surface area contributed by atoms with Crippen LogP contribution in [-0.4, -0.2) is 43.2 Å². The molecular formula is C23H27N3O3S2. The molecular weight excluding hydrogens is 430 g/mol. The van der Waals surface area contributed by atoms with Gasteiger partial charge in [0.1, 0.15) is 0 Å². The van der Waals surface area contributed by atoms with Gasteiger partial charge in [0.15, 0.2) is 0 Å². The van der Waals surface area contributed by atoms with Gasteiger partial charge in [-0.1, -0.05) is 25.0 Å². The highest BCUT2D eigenvalue weighted by molar-refractivity contribution is 7.89. The first-order valence-electron chi connectivity index (χ1n) is 10.8. The zero-order valence-corrected chi connectivity index (χ0v) is 19.1.